The molecule has 5 nitrogen and oxygen atoms in total. The van der Waals surface area contributed by atoms with Crippen LogP contribution in [0.25, 0.3) is 0 Å². The van der Waals surface area contributed by atoms with Crippen molar-refractivity contribution >= 4 is 11.9 Å². The Kier molecular flexibility index (Phi) is 11.6. The van der Waals surface area contributed by atoms with Crippen molar-refractivity contribution in [2.24, 2.45) is 5.92 Å². The molecule has 0 aromatic rings. The van der Waals surface area contributed by atoms with Crippen molar-refractivity contribution in [2.45, 2.75) is 84.0 Å². The standard InChI is InChI=1S/C21H39NO4/c1-3-4-5-6-7-8-9-10-11-14-21(25)26-18-19-13-12-15-22(2,16-19)17-20(23)24/h19H,3-18H2,1-2H3/p+1. The van der Waals surface area contributed by atoms with Gasteiger partial charge >= 0.3 is 11.9 Å². The molecule has 1 saturated heterocycles. The van der Waals surface area contributed by atoms with E-state index in [0.717, 1.165) is 38.8 Å². The van der Waals surface area contributed by atoms with Crippen LogP contribution < -0.4 is 0 Å². The van der Waals surface area contributed by atoms with E-state index in [-0.39, 0.29) is 12.5 Å². The molecule has 2 atom stereocenters. The van der Waals surface area contributed by atoms with E-state index in [1.54, 1.807) is 0 Å². The van der Waals surface area contributed by atoms with Gasteiger partial charge in [-0.25, -0.2) is 4.79 Å². The summed E-state index contributed by atoms with van der Waals surface area (Å²) in [6, 6.07) is 0. The Morgan fingerprint density at radius 2 is 1.65 bits per heavy atom. The Hall–Kier alpha value is -1.10. The van der Waals surface area contributed by atoms with Gasteiger partial charge in [0.1, 0.15) is 0 Å². The summed E-state index contributed by atoms with van der Waals surface area (Å²) >= 11 is 0. The monoisotopic (exact) mass is 370 g/mol. The highest BCUT2D eigenvalue weighted by molar-refractivity contribution is 5.69. The molecule has 0 amide bonds. The normalized spacial score (nSPS) is 22.9. The SMILES string of the molecule is CCCCCCCCCCCC(=O)OCC1CCC[N+](C)(CC(=O)O)C1. The molecule has 0 saturated carbocycles. The summed E-state index contributed by atoms with van der Waals surface area (Å²) in [6.45, 7) is 4.53. The van der Waals surface area contributed by atoms with Crippen molar-refractivity contribution in [3.05, 3.63) is 0 Å². The van der Waals surface area contributed by atoms with Gasteiger partial charge in [-0.1, -0.05) is 58.3 Å². The molecule has 1 aliphatic heterocycles. The topological polar surface area (TPSA) is 63.6 Å². The van der Waals surface area contributed by atoms with Gasteiger partial charge < -0.3 is 14.3 Å². The number of rotatable bonds is 14. The number of carbonyl (C=O) groups is 2. The van der Waals surface area contributed by atoms with Crippen LogP contribution in [0.5, 0.6) is 0 Å². The third-order valence-electron chi connectivity index (χ3n) is 5.49. The summed E-state index contributed by atoms with van der Waals surface area (Å²) < 4.78 is 6.01. The summed E-state index contributed by atoms with van der Waals surface area (Å²) in [4.78, 5) is 22.9. The molecule has 5 heteroatoms. The number of likely N-dealkylation sites (N-methyl/N-ethyl adjacent to an activating group) is 1. The Balaban J connectivity index is 2.05. The van der Waals surface area contributed by atoms with Crippen LogP contribution in [0.3, 0.4) is 0 Å². The van der Waals surface area contributed by atoms with E-state index < -0.39 is 5.97 Å². The van der Waals surface area contributed by atoms with E-state index in [1.165, 1.54) is 44.9 Å². The van der Waals surface area contributed by atoms with Crippen molar-refractivity contribution in [2.75, 3.05) is 33.3 Å². The highest BCUT2D eigenvalue weighted by atomic mass is 16.5. The summed E-state index contributed by atoms with van der Waals surface area (Å²) in [6.07, 6.45) is 13.7. The van der Waals surface area contributed by atoms with Crippen LogP contribution in [0.15, 0.2) is 0 Å². The Morgan fingerprint density at radius 3 is 2.27 bits per heavy atom. The number of carboxylic acids is 1. The highest BCUT2D eigenvalue weighted by Gasteiger charge is 2.33. The van der Waals surface area contributed by atoms with E-state index in [0.29, 0.717) is 23.4 Å². The number of hydrogen-bond acceptors (Lipinski definition) is 3. The largest absolute Gasteiger partial charge is 0.477 e. The Labute approximate surface area is 159 Å². The van der Waals surface area contributed by atoms with Crippen molar-refractivity contribution in [3.63, 3.8) is 0 Å². The first kappa shape index (κ1) is 22.9. The maximum Gasteiger partial charge on any atom is 0.359 e. The molecule has 1 aliphatic rings. The number of ether oxygens (including phenoxy) is 1. The van der Waals surface area contributed by atoms with Gasteiger partial charge in [-0.15, -0.1) is 0 Å². The molecular formula is C21H40NO4+. The zero-order valence-electron chi connectivity index (χ0n) is 17.0. The number of likely N-dealkylation sites (tertiary alicyclic amines) is 1. The average Bonchev–Trinajstić information content (AvgIpc) is 2.57. The first-order chi connectivity index (χ1) is 12.4. The number of piperidine rings is 1. The lowest BCUT2D eigenvalue weighted by Gasteiger charge is -2.39. The molecule has 1 N–H and O–H groups in total. The fraction of sp³-hybridized carbons (Fsp3) is 0.905. The minimum absolute atomic E-state index is 0.0917. The van der Waals surface area contributed by atoms with Crippen LogP contribution in [0.1, 0.15) is 84.0 Å². The van der Waals surface area contributed by atoms with Gasteiger partial charge in [0.2, 0.25) is 0 Å². The van der Waals surface area contributed by atoms with Crippen molar-refractivity contribution in [1.29, 1.82) is 0 Å². The van der Waals surface area contributed by atoms with Crippen molar-refractivity contribution in [1.82, 2.24) is 0 Å². The van der Waals surface area contributed by atoms with Crippen molar-refractivity contribution in [3.8, 4) is 0 Å². The van der Waals surface area contributed by atoms with Gasteiger partial charge in [-0.3, -0.25) is 4.79 Å². The summed E-state index contributed by atoms with van der Waals surface area (Å²) in [5, 5.41) is 9.05. The highest BCUT2D eigenvalue weighted by Crippen LogP contribution is 2.22. The molecule has 1 heterocycles. The second kappa shape index (κ2) is 13.1. The molecular weight excluding hydrogens is 330 g/mol. The van der Waals surface area contributed by atoms with E-state index in [2.05, 4.69) is 6.92 Å². The molecule has 2 unspecified atom stereocenters. The first-order valence-corrected chi connectivity index (χ1v) is 10.7. The van der Waals surface area contributed by atoms with Crippen LogP contribution >= 0.6 is 0 Å². The van der Waals surface area contributed by atoms with Gasteiger partial charge in [0.15, 0.2) is 6.54 Å². The average molecular weight is 371 g/mol. The Morgan fingerprint density at radius 1 is 1.04 bits per heavy atom. The van der Waals surface area contributed by atoms with Gasteiger partial charge in [0.05, 0.1) is 26.7 Å². The van der Waals surface area contributed by atoms with Gasteiger partial charge in [-0.2, -0.15) is 0 Å². The second-order valence-electron chi connectivity index (χ2n) is 8.35. The smallest absolute Gasteiger partial charge is 0.359 e. The molecule has 0 bridgehead atoms. The zero-order valence-corrected chi connectivity index (χ0v) is 17.0. The quantitative estimate of drug-likeness (QED) is 0.280. The fourth-order valence-electron chi connectivity index (χ4n) is 4.04. The lowest BCUT2D eigenvalue weighted by Crippen LogP contribution is -2.54. The molecule has 0 aromatic heterocycles. The van der Waals surface area contributed by atoms with E-state index in [4.69, 9.17) is 9.84 Å². The summed E-state index contributed by atoms with van der Waals surface area (Å²) in [5.41, 5.74) is 0. The molecule has 0 aromatic carbocycles. The van der Waals surface area contributed by atoms with Crippen LogP contribution in [0, 0.1) is 5.92 Å². The van der Waals surface area contributed by atoms with Crippen LogP contribution in [-0.2, 0) is 14.3 Å². The molecule has 1 rings (SSSR count). The number of carboxylic acid groups (broad SMARTS) is 1. The lowest BCUT2D eigenvalue weighted by molar-refractivity contribution is -0.910. The third kappa shape index (κ3) is 10.8. The second-order valence-corrected chi connectivity index (χ2v) is 8.35. The maximum atomic E-state index is 11.9. The molecule has 26 heavy (non-hydrogen) atoms. The number of nitrogens with zero attached hydrogens (tertiary/aromatic N) is 1. The van der Waals surface area contributed by atoms with Crippen LogP contribution in [-0.4, -0.2) is 54.8 Å². The summed E-state index contributed by atoms with van der Waals surface area (Å²) in [5.74, 6) is -0.554. The van der Waals surface area contributed by atoms with Crippen LogP contribution in [0.4, 0.5) is 0 Å². The fourth-order valence-corrected chi connectivity index (χ4v) is 4.04. The number of esters is 1. The number of aliphatic carboxylic acids is 1. The minimum atomic E-state index is -0.754. The van der Waals surface area contributed by atoms with E-state index in [1.807, 2.05) is 7.05 Å². The minimum Gasteiger partial charge on any atom is -0.477 e. The van der Waals surface area contributed by atoms with E-state index >= 15 is 0 Å². The number of carbonyl (C=O) groups excluding carboxylic acids is 1. The van der Waals surface area contributed by atoms with Gasteiger partial charge in [0.25, 0.3) is 0 Å². The predicted octanol–water partition coefficient (Wildman–Crippen LogP) is 4.39. The summed E-state index contributed by atoms with van der Waals surface area (Å²) in [7, 11) is 1.99. The van der Waals surface area contributed by atoms with Gasteiger partial charge in [0, 0.05) is 12.3 Å². The zero-order chi connectivity index (χ0) is 19.3. The lowest BCUT2D eigenvalue weighted by atomic mass is 9.97. The molecule has 0 aliphatic carbocycles. The predicted molar refractivity (Wildman–Crippen MR) is 104 cm³/mol. The number of hydrogen-bond donors (Lipinski definition) is 1. The van der Waals surface area contributed by atoms with E-state index in [9.17, 15) is 9.59 Å². The molecule has 0 radical (unpaired) electrons. The molecule has 1 fully saturated rings. The van der Waals surface area contributed by atoms with Crippen molar-refractivity contribution < 1.29 is 23.9 Å². The number of quaternary nitrogens is 1. The maximum absolute atomic E-state index is 11.9. The number of unbranched alkanes of at least 4 members (excludes halogenated alkanes) is 8. The van der Waals surface area contributed by atoms with Crippen LogP contribution in [0.2, 0.25) is 0 Å². The van der Waals surface area contributed by atoms with Gasteiger partial charge in [-0.05, 0) is 19.3 Å². The molecule has 152 valence electrons. The molecule has 0 spiro atoms. The Bertz CT molecular complexity index is 413. The third-order valence-corrected chi connectivity index (χ3v) is 5.49. The first-order valence-electron chi connectivity index (χ1n) is 10.7.